The average molecular weight is 398 g/mol. The fourth-order valence-corrected chi connectivity index (χ4v) is 3.22. The first kappa shape index (κ1) is 22.2. The molecule has 144 valence electrons. The molecular weight excluding hydrogens is 382 g/mol. The van der Waals surface area contributed by atoms with Crippen molar-refractivity contribution in [1.29, 1.82) is 0 Å². The van der Waals surface area contributed by atoms with Crippen LogP contribution in [0.4, 0.5) is 11.4 Å². The van der Waals surface area contributed by atoms with Crippen LogP contribution >= 0.6 is 0 Å². The highest BCUT2D eigenvalue weighted by Gasteiger charge is 2.17. The summed E-state index contributed by atoms with van der Waals surface area (Å²) in [7, 11) is -3.71. The highest BCUT2D eigenvalue weighted by molar-refractivity contribution is 7.91. The number of rotatable bonds is 6. The Morgan fingerprint density at radius 1 is 0.786 bits per heavy atom. The highest BCUT2D eigenvalue weighted by Crippen LogP contribution is 2.23. The Labute approximate surface area is 161 Å². The van der Waals surface area contributed by atoms with Crippen LogP contribution in [0.25, 0.3) is 16.0 Å². The largest absolute Gasteiger partial charge is 0.373 e. The van der Waals surface area contributed by atoms with Crippen molar-refractivity contribution in [2.24, 2.45) is 0 Å². The van der Waals surface area contributed by atoms with E-state index in [9.17, 15) is 18.0 Å². The molecule has 2 N–H and O–H groups in total. The summed E-state index contributed by atoms with van der Waals surface area (Å²) in [6.07, 6.45) is 2.24. The number of carbonyl (C=O) groups is 2. The maximum absolute atomic E-state index is 12.6. The fraction of sp³-hybridized carbons (Fsp3) is 0. The quantitative estimate of drug-likeness (QED) is 0.330. The number of hydrogen-bond acceptors (Lipinski definition) is 4. The van der Waals surface area contributed by atoms with E-state index in [1.165, 1.54) is 53.4 Å². The van der Waals surface area contributed by atoms with Gasteiger partial charge in [0.1, 0.15) is 0 Å². The van der Waals surface area contributed by atoms with Crippen molar-refractivity contribution in [3.05, 3.63) is 89.8 Å². The zero-order chi connectivity index (χ0) is 21.2. The third kappa shape index (κ3) is 6.13. The number of benzene rings is 2. The van der Waals surface area contributed by atoms with Crippen molar-refractivity contribution < 1.29 is 18.0 Å². The summed E-state index contributed by atoms with van der Waals surface area (Å²) in [5.74, 6) is -0.763. The zero-order valence-corrected chi connectivity index (χ0v) is 15.4. The van der Waals surface area contributed by atoms with Crippen LogP contribution in [0, 0.1) is 0 Å². The van der Waals surface area contributed by atoms with Gasteiger partial charge in [-0.25, -0.2) is 8.42 Å². The van der Waals surface area contributed by atoms with Crippen molar-refractivity contribution in [2.75, 3.05) is 10.6 Å². The van der Waals surface area contributed by atoms with Gasteiger partial charge < -0.3 is 21.7 Å². The summed E-state index contributed by atoms with van der Waals surface area (Å²) in [6, 6.07) is 11.6. The first-order chi connectivity index (χ1) is 13.3. The predicted octanol–water partition coefficient (Wildman–Crippen LogP) is 3.63. The summed E-state index contributed by atoms with van der Waals surface area (Å²) in [4.78, 5) is 24.1. The first-order valence-corrected chi connectivity index (χ1v) is 9.07. The summed E-state index contributed by atoms with van der Waals surface area (Å²) < 4.78 is 25.2. The molecule has 0 heterocycles. The molecule has 2 rings (SSSR count). The van der Waals surface area contributed by atoms with Crippen LogP contribution in [0.3, 0.4) is 0 Å². The Hall–Kier alpha value is -3.88. The maximum Gasteiger partial charge on any atom is 0.247 e. The number of carbonyl (C=O) groups excluding carboxylic acids is 2. The molecule has 0 unspecified atom stereocenters. The molecule has 28 heavy (non-hydrogen) atoms. The summed E-state index contributed by atoms with van der Waals surface area (Å²) in [5, 5.41) is 5.08. The van der Waals surface area contributed by atoms with E-state index >= 15 is 0 Å². The van der Waals surface area contributed by atoms with Gasteiger partial charge in [-0.2, -0.15) is 0 Å². The van der Waals surface area contributed by atoms with Crippen LogP contribution in [-0.4, -0.2) is 20.2 Å². The van der Waals surface area contributed by atoms with Crippen LogP contribution in [0.5, 0.6) is 0 Å². The lowest BCUT2D eigenvalue weighted by molar-refractivity contribution is -0.112. The topological polar surface area (TPSA) is 151 Å². The second kappa shape index (κ2) is 10.3. The summed E-state index contributed by atoms with van der Waals surface area (Å²) in [5.41, 5.74) is 14.4. The van der Waals surface area contributed by atoms with Gasteiger partial charge in [-0.1, -0.05) is 13.2 Å². The molecule has 9 nitrogen and oxygen atoms in total. The van der Waals surface area contributed by atoms with Crippen LogP contribution in [0.1, 0.15) is 0 Å². The number of amides is 2. The summed E-state index contributed by atoms with van der Waals surface area (Å²) >= 11 is 0. The number of anilines is 2. The highest BCUT2D eigenvalue weighted by atomic mass is 32.2. The molecular formula is C18H16N5O4S-. The minimum absolute atomic E-state index is 0.0898. The van der Waals surface area contributed by atoms with Gasteiger partial charge in [-0.3, -0.25) is 14.5 Å². The second-order valence-corrected chi connectivity index (χ2v) is 6.98. The normalized spacial score (nSPS) is 9.71. The Kier molecular flexibility index (Phi) is 8.16. The van der Waals surface area contributed by atoms with E-state index in [2.05, 4.69) is 23.8 Å². The zero-order valence-electron chi connectivity index (χ0n) is 14.6. The van der Waals surface area contributed by atoms with Gasteiger partial charge >= 0.3 is 0 Å². The molecule has 0 fully saturated rings. The molecule has 0 aromatic heterocycles. The number of sulfone groups is 1. The van der Waals surface area contributed by atoms with Crippen LogP contribution in [0.2, 0.25) is 0 Å². The molecule has 2 aromatic rings. The Balaban J connectivity index is 0.00000122. The number of hydrogen-bond donors (Lipinski definition) is 2. The molecule has 0 aliphatic heterocycles. The third-order valence-corrected chi connectivity index (χ3v) is 5.02. The number of nitrogens with zero attached hydrogens (tertiary/aromatic N) is 3. The van der Waals surface area contributed by atoms with E-state index < -0.39 is 9.84 Å². The van der Waals surface area contributed by atoms with E-state index in [1.54, 1.807) is 0 Å². The van der Waals surface area contributed by atoms with Crippen molar-refractivity contribution in [3.63, 3.8) is 0 Å². The van der Waals surface area contributed by atoms with Crippen molar-refractivity contribution in [1.82, 2.24) is 0 Å². The molecule has 0 spiro atoms. The maximum atomic E-state index is 12.6. The second-order valence-electron chi connectivity index (χ2n) is 5.03. The SMILES string of the molecule is C=CC(=O)Nc1ccc(S(=O)(=O)c2ccc(NC(=O)C=C)cc2)cc1.[N-]=[N+]=[N-]. The number of nitrogens with one attached hydrogen (secondary N) is 2. The lowest BCUT2D eigenvalue weighted by atomic mass is 10.3. The van der Waals surface area contributed by atoms with Gasteiger partial charge in [0.2, 0.25) is 21.7 Å². The Morgan fingerprint density at radius 3 is 1.32 bits per heavy atom. The van der Waals surface area contributed by atoms with E-state index in [0.29, 0.717) is 11.4 Å². The molecule has 0 saturated heterocycles. The van der Waals surface area contributed by atoms with Crippen molar-refractivity contribution >= 4 is 33.0 Å². The molecule has 0 aliphatic carbocycles. The third-order valence-electron chi connectivity index (χ3n) is 3.24. The molecule has 2 aromatic carbocycles. The molecule has 0 atom stereocenters. The summed E-state index contributed by atoms with van der Waals surface area (Å²) in [6.45, 7) is 6.69. The van der Waals surface area contributed by atoms with Gasteiger partial charge in [0.25, 0.3) is 0 Å². The van der Waals surface area contributed by atoms with Gasteiger partial charge in [0.15, 0.2) is 0 Å². The lowest BCUT2D eigenvalue weighted by Crippen LogP contribution is -2.08. The van der Waals surface area contributed by atoms with E-state index in [-0.39, 0.29) is 21.6 Å². The van der Waals surface area contributed by atoms with Crippen molar-refractivity contribution in [3.8, 4) is 0 Å². The molecule has 0 aliphatic rings. The van der Waals surface area contributed by atoms with E-state index in [4.69, 9.17) is 11.1 Å². The molecule has 2 amide bonds. The lowest BCUT2D eigenvalue weighted by Gasteiger charge is -2.08. The minimum Gasteiger partial charge on any atom is -0.373 e. The molecule has 0 radical (unpaired) electrons. The Bertz CT molecular complexity index is 935. The minimum atomic E-state index is -3.71. The van der Waals surface area contributed by atoms with Gasteiger partial charge in [0, 0.05) is 11.4 Å². The Morgan fingerprint density at radius 2 is 1.07 bits per heavy atom. The van der Waals surface area contributed by atoms with Gasteiger partial charge in [-0.05, 0) is 60.7 Å². The van der Waals surface area contributed by atoms with Crippen LogP contribution < -0.4 is 10.6 Å². The monoisotopic (exact) mass is 398 g/mol. The predicted molar refractivity (Wildman–Crippen MR) is 106 cm³/mol. The van der Waals surface area contributed by atoms with Crippen LogP contribution in [0.15, 0.2) is 83.6 Å². The van der Waals surface area contributed by atoms with Gasteiger partial charge in [-0.15, -0.1) is 0 Å². The standard InChI is InChI=1S/C18H16N2O4S.N3/c1-3-17(21)19-13-5-9-15(10-6-13)25(23,24)16-11-7-14(8-12-16)20-18(22)4-2;1-3-2/h3-12H,1-2H2,(H,19,21)(H,20,22);/q;-1. The molecule has 10 heteroatoms. The van der Waals surface area contributed by atoms with E-state index in [0.717, 1.165) is 12.2 Å². The first-order valence-electron chi connectivity index (χ1n) is 7.59. The fourth-order valence-electron chi connectivity index (χ4n) is 1.96. The molecule has 0 bridgehead atoms. The smallest absolute Gasteiger partial charge is 0.247 e. The van der Waals surface area contributed by atoms with E-state index in [1.807, 2.05) is 0 Å². The molecule has 0 saturated carbocycles. The van der Waals surface area contributed by atoms with Gasteiger partial charge in [0.05, 0.1) is 9.79 Å². The van der Waals surface area contributed by atoms with Crippen LogP contribution in [-0.2, 0) is 19.4 Å². The van der Waals surface area contributed by atoms with Crippen molar-refractivity contribution in [2.45, 2.75) is 9.79 Å². The average Bonchev–Trinajstić information content (AvgIpc) is 2.69.